The number of fused-ring (bicyclic) bond motifs is 2. The highest BCUT2D eigenvalue weighted by Gasteiger charge is 2.34. The van der Waals surface area contributed by atoms with Crippen molar-refractivity contribution in [2.45, 2.75) is 33.4 Å². The van der Waals surface area contributed by atoms with Gasteiger partial charge in [-0.2, -0.15) is 5.10 Å². The smallest absolute Gasteiger partial charge is 0.268 e. The molecule has 0 spiro atoms. The number of nitrogens with one attached hydrogen (secondary N) is 1. The minimum Gasteiger partial charge on any atom is -0.477 e. The molecule has 0 aliphatic carbocycles. The Balaban J connectivity index is 1.72. The van der Waals surface area contributed by atoms with E-state index in [-0.39, 0.29) is 18.4 Å². The van der Waals surface area contributed by atoms with E-state index in [9.17, 15) is 9.59 Å². The second kappa shape index (κ2) is 7.51. The van der Waals surface area contributed by atoms with Crippen LogP contribution in [-0.4, -0.2) is 41.3 Å². The van der Waals surface area contributed by atoms with Crippen LogP contribution in [-0.2, 0) is 11.3 Å². The van der Waals surface area contributed by atoms with Crippen molar-refractivity contribution in [3.63, 3.8) is 0 Å². The Hall–Kier alpha value is -2.87. The van der Waals surface area contributed by atoms with Gasteiger partial charge in [-0.1, -0.05) is 26.0 Å². The van der Waals surface area contributed by atoms with Crippen molar-refractivity contribution < 1.29 is 14.3 Å². The van der Waals surface area contributed by atoms with Crippen molar-refractivity contribution >= 4 is 39.1 Å². The van der Waals surface area contributed by atoms with Gasteiger partial charge in [0, 0.05) is 19.0 Å². The summed E-state index contributed by atoms with van der Waals surface area (Å²) < 4.78 is 7.79. The number of rotatable bonds is 4. The third-order valence-corrected chi connectivity index (χ3v) is 6.05. The number of hydrogen-bond donors (Lipinski definition) is 1. The van der Waals surface area contributed by atoms with Crippen LogP contribution in [0.1, 0.15) is 29.2 Å². The summed E-state index contributed by atoms with van der Waals surface area (Å²) in [6, 6.07) is 9.22. The van der Waals surface area contributed by atoms with Crippen LogP contribution in [0.3, 0.4) is 0 Å². The highest BCUT2D eigenvalue weighted by atomic mass is 32.1. The molecule has 29 heavy (non-hydrogen) atoms. The predicted molar refractivity (Wildman–Crippen MR) is 114 cm³/mol. The molecule has 7 nitrogen and oxygen atoms in total. The van der Waals surface area contributed by atoms with Crippen molar-refractivity contribution in [2.24, 2.45) is 5.92 Å². The molecular formula is C21H24N4O3S. The van der Waals surface area contributed by atoms with E-state index in [2.05, 4.69) is 24.3 Å². The topological polar surface area (TPSA) is 76.5 Å². The average Bonchev–Trinajstić information content (AvgIpc) is 3.27. The fourth-order valence-electron chi connectivity index (χ4n) is 3.54. The molecule has 8 heteroatoms. The molecule has 0 bridgehead atoms. The van der Waals surface area contributed by atoms with E-state index in [0.717, 1.165) is 22.5 Å². The molecule has 1 aromatic carbocycles. The monoisotopic (exact) mass is 412 g/mol. The number of ether oxygens (including phenoxy) is 1. The lowest BCUT2D eigenvalue weighted by Crippen LogP contribution is -2.50. The van der Waals surface area contributed by atoms with Crippen molar-refractivity contribution in [1.29, 1.82) is 0 Å². The zero-order chi connectivity index (χ0) is 20.7. The van der Waals surface area contributed by atoms with Crippen LogP contribution in [0, 0.1) is 12.8 Å². The first-order valence-electron chi connectivity index (χ1n) is 9.65. The fraction of sp³-hybridized carbons (Fsp3) is 0.381. The van der Waals surface area contributed by atoms with Crippen LogP contribution < -0.4 is 15.0 Å². The number of para-hydroxylation sites is 2. The first-order valence-corrected chi connectivity index (χ1v) is 10.5. The Bertz CT molecular complexity index is 1080. The number of hydrogen-bond acceptors (Lipinski definition) is 5. The van der Waals surface area contributed by atoms with Gasteiger partial charge in [0.15, 0.2) is 6.10 Å². The first kappa shape index (κ1) is 19.4. The summed E-state index contributed by atoms with van der Waals surface area (Å²) in [7, 11) is 1.56. The summed E-state index contributed by atoms with van der Waals surface area (Å²) >= 11 is 1.45. The van der Waals surface area contributed by atoms with Crippen LogP contribution in [0.15, 0.2) is 30.3 Å². The number of likely N-dealkylation sites (N-methyl/N-ethyl adjacent to an activating group) is 1. The maximum absolute atomic E-state index is 13.5. The maximum atomic E-state index is 13.5. The lowest BCUT2D eigenvalue weighted by Gasteiger charge is -2.33. The van der Waals surface area contributed by atoms with Gasteiger partial charge in [-0.05, 0) is 31.0 Å². The minimum atomic E-state index is -0.744. The number of carbonyl (C=O) groups excluding carboxylic acids is 2. The van der Waals surface area contributed by atoms with Gasteiger partial charge in [0.05, 0.1) is 22.8 Å². The quantitative estimate of drug-likeness (QED) is 0.714. The van der Waals surface area contributed by atoms with E-state index in [1.165, 1.54) is 11.3 Å². The van der Waals surface area contributed by atoms with E-state index in [1.807, 2.05) is 35.9 Å². The first-order chi connectivity index (χ1) is 13.9. The van der Waals surface area contributed by atoms with Crippen molar-refractivity contribution in [3.05, 3.63) is 40.9 Å². The summed E-state index contributed by atoms with van der Waals surface area (Å²) in [6.45, 7) is 7.22. The summed E-state index contributed by atoms with van der Waals surface area (Å²) in [6.07, 6.45) is -0.744. The van der Waals surface area contributed by atoms with E-state index < -0.39 is 6.10 Å². The van der Waals surface area contributed by atoms with Crippen molar-refractivity contribution in [3.8, 4) is 5.75 Å². The number of anilines is 1. The predicted octanol–water partition coefficient (Wildman–Crippen LogP) is 3.22. The van der Waals surface area contributed by atoms with Gasteiger partial charge < -0.3 is 10.1 Å². The average molecular weight is 413 g/mol. The second-order valence-electron chi connectivity index (χ2n) is 7.60. The Morgan fingerprint density at radius 2 is 2.10 bits per heavy atom. The number of thiophene rings is 1. The van der Waals surface area contributed by atoms with Crippen LogP contribution in [0.2, 0.25) is 0 Å². The van der Waals surface area contributed by atoms with Crippen LogP contribution in [0.25, 0.3) is 10.2 Å². The van der Waals surface area contributed by atoms with Gasteiger partial charge in [0.2, 0.25) is 0 Å². The lowest BCUT2D eigenvalue weighted by molar-refractivity contribution is -0.127. The van der Waals surface area contributed by atoms with Crippen LogP contribution >= 0.6 is 11.3 Å². The molecule has 1 aliphatic rings. The van der Waals surface area contributed by atoms with Gasteiger partial charge in [0.25, 0.3) is 11.8 Å². The standard InChI is InChI=1S/C21H24N4O3S/c1-12(2)10-25-21-14(13(3)23-25)9-18(29-21)20(27)24-11-17(19(26)22-4)28-16-8-6-5-7-15(16)24/h5-9,12,17H,10-11H2,1-4H3,(H,22,26)/t17-/m1/s1. The molecule has 0 saturated carbocycles. The number of aromatic nitrogens is 2. The molecule has 2 aromatic heterocycles. The normalized spacial score (nSPS) is 16.0. The fourth-order valence-corrected chi connectivity index (χ4v) is 4.66. The van der Waals surface area contributed by atoms with Crippen molar-refractivity contribution in [2.75, 3.05) is 18.5 Å². The third kappa shape index (κ3) is 3.48. The molecule has 0 fully saturated rings. The van der Waals surface area contributed by atoms with Crippen LogP contribution in [0.5, 0.6) is 5.75 Å². The summed E-state index contributed by atoms with van der Waals surface area (Å²) in [5.74, 6) is 0.602. The van der Waals surface area contributed by atoms with Gasteiger partial charge in [-0.3, -0.25) is 19.2 Å². The molecule has 0 radical (unpaired) electrons. The van der Waals surface area contributed by atoms with Gasteiger partial charge in [0.1, 0.15) is 10.6 Å². The number of nitrogens with zero attached hydrogens (tertiary/aromatic N) is 3. The molecule has 2 amide bonds. The SMILES string of the molecule is CNC(=O)[C@H]1CN(C(=O)c2cc3c(C)nn(CC(C)C)c3s2)c2ccccc2O1. The van der Waals surface area contributed by atoms with Gasteiger partial charge in [-0.25, -0.2) is 0 Å². The molecule has 1 aliphatic heterocycles. The molecular weight excluding hydrogens is 388 g/mol. The number of carbonyl (C=O) groups is 2. The Morgan fingerprint density at radius 3 is 2.83 bits per heavy atom. The van der Waals surface area contributed by atoms with E-state index in [1.54, 1.807) is 18.0 Å². The molecule has 3 heterocycles. The lowest BCUT2D eigenvalue weighted by atomic mass is 10.1. The minimum absolute atomic E-state index is 0.133. The molecule has 1 N–H and O–H groups in total. The van der Waals surface area contributed by atoms with E-state index in [4.69, 9.17) is 4.74 Å². The van der Waals surface area contributed by atoms with Gasteiger partial charge >= 0.3 is 0 Å². The number of aryl methyl sites for hydroxylation is 1. The zero-order valence-electron chi connectivity index (χ0n) is 16.9. The Labute approximate surface area is 173 Å². The molecule has 0 saturated heterocycles. The Kier molecular flexibility index (Phi) is 5.04. The van der Waals surface area contributed by atoms with Gasteiger partial charge in [-0.15, -0.1) is 11.3 Å². The largest absolute Gasteiger partial charge is 0.477 e. The molecule has 1 atom stereocenters. The second-order valence-corrected chi connectivity index (χ2v) is 8.63. The van der Waals surface area contributed by atoms with E-state index in [0.29, 0.717) is 22.2 Å². The summed E-state index contributed by atoms with van der Waals surface area (Å²) in [5, 5.41) is 8.22. The third-order valence-electron chi connectivity index (χ3n) is 4.91. The molecule has 4 rings (SSSR count). The number of benzene rings is 1. The van der Waals surface area contributed by atoms with Crippen molar-refractivity contribution in [1.82, 2.24) is 15.1 Å². The van der Waals surface area contributed by atoms with Crippen LogP contribution in [0.4, 0.5) is 5.69 Å². The summed E-state index contributed by atoms with van der Waals surface area (Å²) in [5.41, 5.74) is 1.59. The highest BCUT2D eigenvalue weighted by molar-refractivity contribution is 7.20. The zero-order valence-corrected chi connectivity index (χ0v) is 17.7. The summed E-state index contributed by atoms with van der Waals surface area (Å²) in [4.78, 5) is 28.9. The molecule has 0 unspecified atom stereocenters. The van der Waals surface area contributed by atoms with E-state index >= 15 is 0 Å². The highest BCUT2D eigenvalue weighted by Crippen LogP contribution is 2.36. The molecule has 152 valence electrons. The number of amides is 2. The molecule has 3 aromatic rings. The maximum Gasteiger partial charge on any atom is 0.268 e. The Morgan fingerprint density at radius 1 is 1.34 bits per heavy atom.